The summed E-state index contributed by atoms with van der Waals surface area (Å²) in [6, 6.07) is 16.6. The predicted molar refractivity (Wildman–Crippen MR) is 113 cm³/mol. The van der Waals surface area contributed by atoms with Crippen LogP contribution < -0.4 is 14.8 Å². The topological polar surface area (TPSA) is 67.9 Å². The van der Waals surface area contributed by atoms with Gasteiger partial charge >= 0.3 is 0 Å². The van der Waals surface area contributed by atoms with Gasteiger partial charge < -0.3 is 19.7 Å². The van der Waals surface area contributed by atoms with Gasteiger partial charge in [0.2, 0.25) is 12.7 Å². The summed E-state index contributed by atoms with van der Waals surface area (Å²) in [5.74, 6) is 0.731. The van der Waals surface area contributed by atoms with Crippen LogP contribution in [0.4, 0.5) is 0 Å². The molecule has 0 bridgehead atoms. The van der Waals surface area contributed by atoms with Gasteiger partial charge in [0.15, 0.2) is 11.5 Å². The molecule has 7 heteroatoms. The molecule has 30 heavy (non-hydrogen) atoms. The van der Waals surface area contributed by atoms with Gasteiger partial charge in [-0.1, -0.05) is 30.3 Å². The van der Waals surface area contributed by atoms with Gasteiger partial charge in [-0.2, -0.15) is 0 Å². The van der Waals surface area contributed by atoms with Gasteiger partial charge in [0.25, 0.3) is 5.91 Å². The largest absolute Gasteiger partial charge is 0.454 e. The second kappa shape index (κ2) is 7.50. The first-order valence-corrected chi connectivity index (χ1v) is 10.6. The average Bonchev–Trinajstić information content (AvgIpc) is 3.46. The van der Waals surface area contributed by atoms with E-state index in [9.17, 15) is 9.59 Å². The summed E-state index contributed by atoms with van der Waals surface area (Å²) in [5, 5.41) is 5.03. The third-order valence-electron chi connectivity index (χ3n) is 5.60. The van der Waals surface area contributed by atoms with Gasteiger partial charge in [0.05, 0.1) is 12.0 Å². The van der Waals surface area contributed by atoms with Crippen molar-refractivity contribution in [1.82, 2.24) is 10.2 Å². The Bertz CT molecular complexity index is 1110. The molecule has 0 spiro atoms. The van der Waals surface area contributed by atoms with Crippen LogP contribution in [0.5, 0.6) is 11.5 Å². The van der Waals surface area contributed by atoms with E-state index in [0.717, 1.165) is 16.0 Å². The highest BCUT2D eigenvalue weighted by Gasteiger charge is 2.42. The number of amides is 2. The van der Waals surface area contributed by atoms with Crippen LogP contribution in [0.15, 0.2) is 60.0 Å². The summed E-state index contributed by atoms with van der Waals surface area (Å²) >= 11 is 1.55. The Morgan fingerprint density at radius 2 is 1.97 bits per heavy atom. The number of nitrogens with one attached hydrogen (secondary N) is 1. The Balaban J connectivity index is 1.45. The molecule has 3 aromatic rings. The lowest BCUT2D eigenvalue weighted by Gasteiger charge is -2.39. The molecular formula is C23H20N2O4S. The molecule has 0 radical (unpaired) electrons. The number of thiophene rings is 1. The fraction of sp³-hybridized carbons (Fsp3) is 0.217. The van der Waals surface area contributed by atoms with Crippen LogP contribution in [-0.2, 0) is 11.3 Å². The maximum atomic E-state index is 13.4. The summed E-state index contributed by atoms with van der Waals surface area (Å²) in [6.07, 6.45) is 0. The highest BCUT2D eigenvalue weighted by molar-refractivity contribution is 7.10. The Hall–Kier alpha value is -3.32. The van der Waals surface area contributed by atoms with Crippen molar-refractivity contribution in [1.29, 1.82) is 0 Å². The molecule has 152 valence electrons. The van der Waals surface area contributed by atoms with E-state index in [2.05, 4.69) is 5.32 Å². The van der Waals surface area contributed by atoms with Crippen molar-refractivity contribution in [2.75, 3.05) is 13.8 Å². The van der Waals surface area contributed by atoms with E-state index in [4.69, 9.17) is 9.47 Å². The monoisotopic (exact) mass is 420 g/mol. The summed E-state index contributed by atoms with van der Waals surface area (Å²) in [5.41, 5.74) is 2.27. The number of hydrogen-bond acceptors (Lipinski definition) is 5. The molecule has 2 amide bonds. The number of carbonyl (C=O) groups excluding carboxylic acids is 2. The SMILES string of the molecule is CN1C(=O)c2ccccc2[C@H](C(=O)NCc2ccc3c(c2)OCO3)[C@@H]1c1cccs1. The minimum absolute atomic E-state index is 0.0659. The number of benzene rings is 2. The van der Waals surface area contributed by atoms with Crippen LogP contribution in [0.25, 0.3) is 0 Å². The van der Waals surface area contributed by atoms with Crippen LogP contribution >= 0.6 is 11.3 Å². The number of ether oxygens (including phenoxy) is 2. The molecule has 6 nitrogen and oxygen atoms in total. The molecule has 0 unspecified atom stereocenters. The van der Waals surface area contributed by atoms with Crippen LogP contribution in [0.1, 0.15) is 38.3 Å². The van der Waals surface area contributed by atoms with Gasteiger partial charge in [0.1, 0.15) is 0 Å². The smallest absolute Gasteiger partial charge is 0.254 e. The molecule has 3 heterocycles. The Morgan fingerprint density at radius 1 is 1.13 bits per heavy atom. The maximum absolute atomic E-state index is 13.4. The summed E-state index contributed by atoms with van der Waals surface area (Å²) < 4.78 is 10.8. The average molecular weight is 420 g/mol. The zero-order chi connectivity index (χ0) is 20.7. The third kappa shape index (κ3) is 3.11. The molecule has 0 saturated heterocycles. The predicted octanol–water partition coefficient (Wildman–Crippen LogP) is 3.70. The highest BCUT2D eigenvalue weighted by atomic mass is 32.1. The van der Waals surface area contributed by atoms with Crippen LogP contribution in [0.2, 0.25) is 0 Å². The standard InChI is InChI=1S/C23H20N2O4S/c1-25-21(19-7-4-10-30-19)20(15-5-2-3-6-16(15)23(25)27)22(26)24-12-14-8-9-17-18(11-14)29-13-28-17/h2-11,20-21H,12-13H2,1H3,(H,24,26)/t20-,21-/m0/s1. The number of fused-ring (bicyclic) bond motifs is 2. The second-order valence-electron chi connectivity index (χ2n) is 7.35. The van der Waals surface area contributed by atoms with Gasteiger partial charge in [-0.15, -0.1) is 11.3 Å². The Kier molecular flexibility index (Phi) is 4.67. The molecule has 2 aliphatic rings. The minimum Gasteiger partial charge on any atom is -0.454 e. The number of nitrogens with zero attached hydrogens (tertiary/aromatic N) is 1. The van der Waals surface area contributed by atoms with Crippen molar-refractivity contribution < 1.29 is 19.1 Å². The molecular weight excluding hydrogens is 400 g/mol. The van der Waals surface area contributed by atoms with Gasteiger partial charge in [-0.25, -0.2) is 0 Å². The van der Waals surface area contributed by atoms with Crippen LogP contribution in [-0.4, -0.2) is 30.6 Å². The zero-order valence-corrected chi connectivity index (χ0v) is 17.1. The molecule has 5 rings (SSSR count). The van der Waals surface area contributed by atoms with E-state index in [1.54, 1.807) is 29.4 Å². The highest BCUT2D eigenvalue weighted by Crippen LogP contribution is 2.43. The lowest BCUT2D eigenvalue weighted by molar-refractivity contribution is -0.124. The van der Waals surface area contributed by atoms with E-state index in [1.807, 2.05) is 53.9 Å². The summed E-state index contributed by atoms with van der Waals surface area (Å²) in [7, 11) is 1.76. The molecule has 2 aromatic carbocycles. The van der Waals surface area contributed by atoms with Crippen LogP contribution in [0.3, 0.4) is 0 Å². The molecule has 0 aliphatic carbocycles. The van der Waals surface area contributed by atoms with E-state index >= 15 is 0 Å². The number of carbonyl (C=O) groups is 2. The fourth-order valence-corrected chi connectivity index (χ4v) is 5.03. The number of rotatable bonds is 4. The van der Waals surface area contributed by atoms with E-state index < -0.39 is 5.92 Å². The quantitative estimate of drug-likeness (QED) is 0.699. The lowest BCUT2D eigenvalue weighted by atomic mass is 9.81. The molecule has 0 saturated carbocycles. The number of likely N-dealkylation sites (N-methyl/N-ethyl adjacent to an activating group) is 1. The van der Waals surface area contributed by atoms with Crippen molar-refractivity contribution >= 4 is 23.2 Å². The van der Waals surface area contributed by atoms with Crippen molar-refractivity contribution in [2.24, 2.45) is 0 Å². The number of hydrogen-bond donors (Lipinski definition) is 1. The molecule has 1 N–H and O–H groups in total. The first-order valence-electron chi connectivity index (χ1n) is 9.69. The lowest BCUT2D eigenvalue weighted by Crippen LogP contribution is -2.45. The molecule has 2 aliphatic heterocycles. The van der Waals surface area contributed by atoms with Gasteiger partial charge in [-0.3, -0.25) is 9.59 Å². The molecule has 0 fully saturated rings. The van der Waals surface area contributed by atoms with Crippen molar-refractivity contribution in [3.05, 3.63) is 81.5 Å². The Morgan fingerprint density at radius 3 is 2.80 bits per heavy atom. The van der Waals surface area contributed by atoms with Crippen molar-refractivity contribution in [2.45, 2.75) is 18.5 Å². The second-order valence-corrected chi connectivity index (χ2v) is 8.33. The van der Waals surface area contributed by atoms with E-state index in [0.29, 0.717) is 23.6 Å². The summed E-state index contributed by atoms with van der Waals surface area (Å²) in [6.45, 7) is 0.579. The fourth-order valence-electron chi connectivity index (χ4n) is 4.12. The van der Waals surface area contributed by atoms with Gasteiger partial charge in [-0.05, 0) is 40.8 Å². The normalized spacial score (nSPS) is 19.5. The first kappa shape index (κ1) is 18.7. The van der Waals surface area contributed by atoms with E-state index in [-0.39, 0.29) is 24.6 Å². The van der Waals surface area contributed by atoms with Crippen molar-refractivity contribution in [3.63, 3.8) is 0 Å². The van der Waals surface area contributed by atoms with Gasteiger partial charge in [0, 0.05) is 24.0 Å². The van der Waals surface area contributed by atoms with E-state index in [1.165, 1.54) is 0 Å². The third-order valence-corrected chi connectivity index (χ3v) is 6.54. The molecule has 1 aromatic heterocycles. The zero-order valence-electron chi connectivity index (χ0n) is 16.3. The molecule has 2 atom stereocenters. The minimum atomic E-state index is -0.489. The first-order chi connectivity index (χ1) is 14.6. The Labute approximate surface area is 178 Å². The van der Waals surface area contributed by atoms with Crippen LogP contribution in [0, 0.1) is 0 Å². The maximum Gasteiger partial charge on any atom is 0.254 e. The summed E-state index contributed by atoms with van der Waals surface area (Å²) in [4.78, 5) is 29.0. The van der Waals surface area contributed by atoms with Crippen molar-refractivity contribution in [3.8, 4) is 11.5 Å².